The number of hydrogen-bond donors (Lipinski definition) is 2. The van der Waals surface area contributed by atoms with Gasteiger partial charge in [-0.15, -0.1) is 0 Å². The fourth-order valence-corrected chi connectivity index (χ4v) is 3.11. The molecule has 0 saturated carbocycles. The summed E-state index contributed by atoms with van der Waals surface area (Å²) in [6, 6.07) is 7.94. The first kappa shape index (κ1) is 14.1. The topological polar surface area (TPSA) is 99.1 Å². The van der Waals surface area contributed by atoms with E-state index in [1.807, 2.05) is 0 Å². The zero-order chi connectivity index (χ0) is 14.0. The molecule has 0 aliphatic rings. The third-order valence-corrected chi connectivity index (χ3v) is 4.64. The Kier molecular flexibility index (Phi) is 4.00. The monoisotopic (exact) mass is 315 g/mol. The van der Waals surface area contributed by atoms with Gasteiger partial charge in [0.2, 0.25) is 10.0 Å². The summed E-state index contributed by atoms with van der Waals surface area (Å²) >= 11 is 7.28. The maximum atomic E-state index is 11.2. The lowest BCUT2D eigenvalue weighted by Crippen LogP contribution is -2.14. The Bertz CT molecular complexity index is 720. The van der Waals surface area contributed by atoms with Crippen LogP contribution in [-0.2, 0) is 10.0 Å². The second-order valence-corrected chi connectivity index (χ2v) is 6.64. The average molecular weight is 316 g/mol. The number of hydrogen-bond acceptors (Lipinski definition) is 5. The number of benzene rings is 1. The molecule has 5 nitrogen and oxygen atoms in total. The number of pyridine rings is 1. The molecule has 1 aromatic carbocycles. The first-order valence-corrected chi connectivity index (χ1v) is 7.83. The van der Waals surface area contributed by atoms with E-state index in [2.05, 4.69) is 4.98 Å². The Morgan fingerprint density at radius 2 is 2.00 bits per heavy atom. The minimum Gasteiger partial charge on any atom is -0.398 e. The van der Waals surface area contributed by atoms with Crippen molar-refractivity contribution in [2.75, 3.05) is 5.73 Å². The molecule has 0 fully saturated rings. The van der Waals surface area contributed by atoms with E-state index in [9.17, 15) is 8.42 Å². The van der Waals surface area contributed by atoms with Crippen LogP contribution in [-0.4, -0.2) is 13.4 Å². The van der Waals surface area contributed by atoms with Crippen molar-refractivity contribution < 1.29 is 8.42 Å². The van der Waals surface area contributed by atoms with Crippen molar-refractivity contribution in [2.24, 2.45) is 5.14 Å². The molecule has 0 radical (unpaired) electrons. The Hall–Kier alpha value is -1.28. The summed E-state index contributed by atoms with van der Waals surface area (Å²) in [4.78, 5) is 4.76. The Labute approximate surface area is 120 Å². The predicted molar refractivity (Wildman–Crippen MR) is 75.6 cm³/mol. The molecule has 4 N–H and O–H groups in total. The van der Waals surface area contributed by atoms with Gasteiger partial charge < -0.3 is 5.73 Å². The van der Waals surface area contributed by atoms with Crippen LogP contribution < -0.4 is 10.9 Å². The summed E-state index contributed by atoms with van der Waals surface area (Å²) in [5, 5.41) is 6.17. The first-order chi connectivity index (χ1) is 8.88. The highest BCUT2D eigenvalue weighted by Gasteiger charge is 2.13. The van der Waals surface area contributed by atoms with Crippen LogP contribution in [0.15, 0.2) is 51.3 Å². The Morgan fingerprint density at radius 1 is 1.26 bits per heavy atom. The van der Waals surface area contributed by atoms with Gasteiger partial charge in [0.05, 0.1) is 10.7 Å². The van der Waals surface area contributed by atoms with E-state index in [4.69, 9.17) is 22.5 Å². The largest absolute Gasteiger partial charge is 0.398 e. The van der Waals surface area contributed by atoms with Crippen LogP contribution in [0.25, 0.3) is 0 Å². The molecule has 0 aliphatic heterocycles. The lowest BCUT2D eigenvalue weighted by Gasteiger charge is -2.06. The minimum absolute atomic E-state index is 0.0935. The molecule has 2 rings (SSSR count). The van der Waals surface area contributed by atoms with E-state index in [1.54, 1.807) is 24.4 Å². The summed E-state index contributed by atoms with van der Waals surface area (Å²) < 4.78 is 22.5. The number of nitrogens with two attached hydrogens (primary N) is 2. The van der Waals surface area contributed by atoms with Crippen LogP contribution in [0, 0.1) is 0 Å². The number of halogens is 1. The molecule has 2 aromatic rings. The van der Waals surface area contributed by atoms with Crippen LogP contribution in [0.4, 0.5) is 5.69 Å². The highest BCUT2D eigenvalue weighted by molar-refractivity contribution is 7.99. The normalized spacial score (nSPS) is 11.5. The molecule has 0 unspecified atom stereocenters. The van der Waals surface area contributed by atoms with Crippen LogP contribution in [0.3, 0.4) is 0 Å². The van der Waals surface area contributed by atoms with Gasteiger partial charge >= 0.3 is 0 Å². The Morgan fingerprint density at radius 3 is 2.58 bits per heavy atom. The third kappa shape index (κ3) is 3.38. The van der Waals surface area contributed by atoms with Crippen LogP contribution in [0.5, 0.6) is 0 Å². The number of sulfonamides is 1. The van der Waals surface area contributed by atoms with Crippen LogP contribution in [0.1, 0.15) is 0 Å². The zero-order valence-corrected chi connectivity index (χ0v) is 12.0. The second kappa shape index (κ2) is 5.38. The fourth-order valence-electron chi connectivity index (χ4n) is 1.41. The second-order valence-electron chi connectivity index (χ2n) is 3.64. The molecule has 0 spiro atoms. The molecule has 0 bridgehead atoms. The first-order valence-electron chi connectivity index (χ1n) is 5.08. The maximum Gasteiger partial charge on any atom is 0.240 e. The van der Waals surface area contributed by atoms with E-state index in [0.29, 0.717) is 10.0 Å². The maximum absolute atomic E-state index is 11.2. The number of aromatic nitrogens is 1. The standard InChI is InChI=1S/C11H10ClN3O2S2/c12-8-2-1-5-15-11(8)18-7-3-4-10(9(13)6-7)19(14,16)17/h1-6H,13H2,(H2,14,16,17). The summed E-state index contributed by atoms with van der Waals surface area (Å²) in [5.74, 6) is 0. The predicted octanol–water partition coefficient (Wildman–Crippen LogP) is 2.12. The molecule has 1 aromatic heterocycles. The molecule has 0 atom stereocenters. The number of nitrogen functional groups attached to an aromatic ring is 1. The molecular formula is C11H10ClN3O2S2. The quantitative estimate of drug-likeness (QED) is 0.845. The molecular weight excluding hydrogens is 306 g/mol. The van der Waals surface area contributed by atoms with E-state index in [1.165, 1.54) is 23.9 Å². The van der Waals surface area contributed by atoms with Gasteiger partial charge in [0.15, 0.2) is 0 Å². The number of anilines is 1. The molecule has 0 amide bonds. The highest BCUT2D eigenvalue weighted by Crippen LogP contribution is 2.33. The number of primary sulfonamides is 1. The van der Waals surface area contributed by atoms with Crippen LogP contribution in [0.2, 0.25) is 5.02 Å². The van der Waals surface area contributed by atoms with Crippen molar-refractivity contribution in [1.29, 1.82) is 0 Å². The molecule has 0 aliphatic carbocycles. The summed E-state index contributed by atoms with van der Waals surface area (Å²) in [5.41, 5.74) is 5.77. The van der Waals surface area contributed by atoms with E-state index >= 15 is 0 Å². The SMILES string of the molecule is Nc1cc(Sc2ncccc2Cl)ccc1S(N)(=O)=O. The van der Waals surface area contributed by atoms with Gasteiger partial charge in [-0.25, -0.2) is 18.5 Å². The van der Waals surface area contributed by atoms with Crippen molar-refractivity contribution in [3.63, 3.8) is 0 Å². The minimum atomic E-state index is -3.81. The lowest BCUT2D eigenvalue weighted by molar-refractivity contribution is 0.598. The van der Waals surface area contributed by atoms with Gasteiger partial charge in [0.25, 0.3) is 0 Å². The Balaban J connectivity index is 2.34. The van der Waals surface area contributed by atoms with Gasteiger partial charge in [-0.05, 0) is 30.3 Å². The van der Waals surface area contributed by atoms with Gasteiger partial charge in [0, 0.05) is 11.1 Å². The van der Waals surface area contributed by atoms with E-state index in [-0.39, 0.29) is 10.6 Å². The number of rotatable bonds is 3. The van der Waals surface area contributed by atoms with Crippen molar-refractivity contribution in [3.8, 4) is 0 Å². The fraction of sp³-hybridized carbons (Fsp3) is 0. The number of nitrogens with zero attached hydrogens (tertiary/aromatic N) is 1. The molecule has 1 heterocycles. The van der Waals surface area contributed by atoms with E-state index < -0.39 is 10.0 Å². The molecule has 100 valence electrons. The van der Waals surface area contributed by atoms with Crippen molar-refractivity contribution in [1.82, 2.24) is 4.98 Å². The smallest absolute Gasteiger partial charge is 0.240 e. The van der Waals surface area contributed by atoms with Crippen molar-refractivity contribution in [3.05, 3.63) is 41.6 Å². The van der Waals surface area contributed by atoms with Crippen LogP contribution >= 0.6 is 23.4 Å². The summed E-state index contributed by atoms with van der Waals surface area (Å²) in [6.07, 6.45) is 1.62. The van der Waals surface area contributed by atoms with Gasteiger partial charge in [-0.3, -0.25) is 0 Å². The molecule has 19 heavy (non-hydrogen) atoms. The van der Waals surface area contributed by atoms with Gasteiger partial charge in [-0.2, -0.15) is 0 Å². The average Bonchev–Trinajstić information content (AvgIpc) is 2.30. The summed E-state index contributed by atoms with van der Waals surface area (Å²) in [7, 11) is -3.81. The third-order valence-electron chi connectivity index (χ3n) is 2.23. The highest BCUT2D eigenvalue weighted by atomic mass is 35.5. The van der Waals surface area contributed by atoms with Gasteiger partial charge in [0.1, 0.15) is 9.92 Å². The molecule has 0 saturated heterocycles. The summed E-state index contributed by atoms with van der Waals surface area (Å²) in [6.45, 7) is 0. The zero-order valence-electron chi connectivity index (χ0n) is 9.58. The molecule has 8 heteroatoms. The lowest BCUT2D eigenvalue weighted by atomic mass is 10.3. The van der Waals surface area contributed by atoms with Gasteiger partial charge in [-0.1, -0.05) is 23.4 Å². The van der Waals surface area contributed by atoms with E-state index in [0.717, 1.165) is 4.90 Å². The van der Waals surface area contributed by atoms with Crippen molar-refractivity contribution >= 4 is 39.1 Å². The van der Waals surface area contributed by atoms with Crippen molar-refractivity contribution in [2.45, 2.75) is 14.8 Å².